The molecule has 1 unspecified atom stereocenters. The van der Waals surface area contributed by atoms with Crippen LogP contribution in [0.5, 0.6) is 0 Å². The Hall–Kier alpha value is -2.21. The number of aromatic nitrogens is 2. The van der Waals surface area contributed by atoms with Crippen molar-refractivity contribution in [2.24, 2.45) is 5.41 Å². The molecule has 0 bridgehead atoms. The molecule has 2 aliphatic heterocycles. The van der Waals surface area contributed by atoms with Crippen molar-refractivity contribution in [1.82, 2.24) is 19.9 Å². The minimum atomic E-state index is 0.0411. The molecule has 2 aliphatic rings. The molecule has 2 fully saturated rings. The van der Waals surface area contributed by atoms with Gasteiger partial charge >= 0.3 is 0 Å². The van der Waals surface area contributed by atoms with E-state index in [9.17, 15) is 4.79 Å². The number of nitrogens with zero attached hydrogens (tertiary/aromatic N) is 4. The third-order valence-corrected chi connectivity index (χ3v) is 5.27. The molecule has 0 radical (unpaired) electrons. The van der Waals surface area contributed by atoms with E-state index in [0.717, 1.165) is 32.7 Å². The zero-order valence-corrected chi connectivity index (χ0v) is 14.1. The van der Waals surface area contributed by atoms with Crippen LogP contribution in [0.15, 0.2) is 34.9 Å². The van der Waals surface area contributed by atoms with E-state index in [-0.39, 0.29) is 17.2 Å². The van der Waals surface area contributed by atoms with Gasteiger partial charge in [-0.3, -0.25) is 9.69 Å². The molecule has 0 aliphatic carbocycles. The van der Waals surface area contributed by atoms with Gasteiger partial charge in [-0.15, -0.1) is 0 Å². The molecule has 3 heterocycles. The smallest absolute Gasteiger partial charge is 0.231 e. The number of carbonyl (C=O) groups is 1. The number of amides is 1. The number of hydrogen-bond donors (Lipinski definition) is 0. The zero-order chi connectivity index (χ0) is 16.7. The van der Waals surface area contributed by atoms with Gasteiger partial charge in [-0.25, -0.2) is 0 Å². The van der Waals surface area contributed by atoms with Gasteiger partial charge in [0.15, 0.2) is 5.82 Å². The first kappa shape index (κ1) is 15.3. The van der Waals surface area contributed by atoms with Crippen LogP contribution in [0.3, 0.4) is 0 Å². The summed E-state index contributed by atoms with van der Waals surface area (Å²) in [5.41, 5.74) is 1.34. The quantitative estimate of drug-likeness (QED) is 0.861. The van der Waals surface area contributed by atoms with E-state index in [0.29, 0.717) is 11.7 Å². The molecule has 24 heavy (non-hydrogen) atoms. The van der Waals surface area contributed by atoms with Gasteiger partial charge in [0.2, 0.25) is 11.8 Å². The highest BCUT2D eigenvalue weighted by Gasteiger charge is 2.57. The zero-order valence-electron chi connectivity index (χ0n) is 14.1. The first-order valence-corrected chi connectivity index (χ1v) is 8.38. The van der Waals surface area contributed by atoms with Gasteiger partial charge in [0.1, 0.15) is 0 Å². The van der Waals surface area contributed by atoms with Crippen molar-refractivity contribution in [2.45, 2.75) is 26.3 Å². The summed E-state index contributed by atoms with van der Waals surface area (Å²) in [4.78, 5) is 20.5. The summed E-state index contributed by atoms with van der Waals surface area (Å²) in [6.45, 7) is 7.79. The first-order valence-electron chi connectivity index (χ1n) is 8.38. The van der Waals surface area contributed by atoms with Crippen molar-refractivity contribution in [1.29, 1.82) is 0 Å². The van der Waals surface area contributed by atoms with Crippen LogP contribution in [0, 0.1) is 12.3 Å². The molecule has 4 rings (SSSR count). The van der Waals surface area contributed by atoms with Crippen molar-refractivity contribution in [3.8, 4) is 0 Å². The largest absolute Gasteiger partial charge is 0.342 e. The predicted octanol–water partition coefficient (Wildman–Crippen LogP) is 1.83. The lowest BCUT2D eigenvalue weighted by Gasteiger charge is -2.50. The molecule has 1 amide bonds. The van der Waals surface area contributed by atoms with Crippen LogP contribution in [0.25, 0.3) is 0 Å². The van der Waals surface area contributed by atoms with E-state index in [4.69, 9.17) is 4.52 Å². The molecule has 6 heteroatoms. The van der Waals surface area contributed by atoms with Gasteiger partial charge in [0, 0.05) is 45.1 Å². The van der Waals surface area contributed by atoms with Crippen LogP contribution in [0.4, 0.5) is 0 Å². The summed E-state index contributed by atoms with van der Waals surface area (Å²) in [6, 6.07) is 10.5. The number of carbonyl (C=O) groups excluding carboxylic acids is 1. The Bertz CT molecular complexity index is 736. The second-order valence-electron chi connectivity index (χ2n) is 7.13. The summed E-state index contributed by atoms with van der Waals surface area (Å²) in [6.07, 6.45) is 0. The van der Waals surface area contributed by atoms with E-state index >= 15 is 0 Å². The lowest BCUT2D eigenvalue weighted by Crippen LogP contribution is -2.61. The normalized spacial score (nSPS) is 22.8. The van der Waals surface area contributed by atoms with E-state index in [1.54, 1.807) is 6.92 Å². The van der Waals surface area contributed by atoms with Crippen molar-refractivity contribution in [3.05, 3.63) is 47.6 Å². The summed E-state index contributed by atoms with van der Waals surface area (Å²) in [5, 5.41) is 3.96. The Morgan fingerprint density at radius 2 is 2.04 bits per heavy atom. The van der Waals surface area contributed by atoms with Crippen LogP contribution in [0.1, 0.15) is 30.1 Å². The number of likely N-dealkylation sites (tertiary alicyclic amines) is 2. The SMILES string of the molecule is CC(=O)N1CC2(CN(Cc3ccccc3)CC2c2nc(C)no2)C1. The Kier molecular flexibility index (Phi) is 3.64. The minimum absolute atomic E-state index is 0.0411. The molecule has 1 aromatic carbocycles. The van der Waals surface area contributed by atoms with Gasteiger partial charge < -0.3 is 9.42 Å². The van der Waals surface area contributed by atoms with Crippen LogP contribution in [0.2, 0.25) is 0 Å². The fourth-order valence-electron chi connectivity index (χ4n) is 4.09. The highest BCUT2D eigenvalue weighted by atomic mass is 16.5. The van der Waals surface area contributed by atoms with Crippen molar-refractivity contribution >= 4 is 5.91 Å². The summed E-state index contributed by atoms with van der Waals surface area (Å²) in [7, 11) is 0. The van der Waals surface area contributed by atoms with Crippen molar-refractivity contribution in [2.75, 3.05) is 26.2 Å². The number of rotatable bonds is 3. The lowest BCUT2D eigenvalue weighted by molar-refractivity contribution is -0.141. The van der Waals surface area contributed by atoms with Gasteiger partial charge in [-0.1, -0.05) is 35.5 Å². The number of benzene rings is 1. The van der Waals surface area contributed by atoms with Gasteiger partial charge in [0.05, 0.1) is 5.92 Å². The molecule has 0 saturated carbocycles. The molecular formula is C18H22N4O2. The monoisotopic (exact) mass is 326 g/mol. The fourth-order valence-corrected chi connectivity index (χ4v) is 4.09. The second kappa shape index (κ2) is 5.70. The van der Waals surface area contributed by atoms with Crippen LogP contribution in [-0.4, -0.2) is 52.0 Å². The van der Waals surface area contributed by atoms with Crippen LogP contribution < -0.4 is 0 Å². The third kappa shape index (κ3) is 2.60. The van der Waals surface area contributed by atoms with Crippen molar-refractivity contribution in [3.63, 3.8) is 0 Å². The average Bonchev–Trinajstić information content (AvgIpc) is 3.10. The first-order chi connectivity index (χ1) is 11.6. The molecule has 6 nitrogen and oxygen atoms in total. The Morgan fingerprint density at radius 1 is 1.29 bits per heavy atom. The van der Waals surface area contributed by atoms with Gasteiger partial charge in [0.25, 0.3) is 0 Å². The summed E-state index contributed by atoms with van der Waals surface area (Å²) in [5.74, 6) is 1.72. The molecule has 126 valence electrons. The van der Waals surface area contributed by atoms with E-state index < -0.39 is 0 Å². The van der Waals surface area contributed by atoms with Gasteiger partial charge in [-0.2, -0.15) is 4.98 Å². The fraction of sp³-hybridized carbons (Fsp3) is 0.500. The lowest BCUT2D eigenvalue weighted by atomic mass is 9.71. The average molecular weight is 326 g/mol. The van der Waals surface area contributed by atoms with E-state index in [2.05, 4.69) is 39.3 Å². The maximum atomic E-state index is 11.6. The van der Waals surface area contributed by atoms with Crippen molar-refractivity contribution < 1.29 is 9.32 Å². The Morgan fingerprint density at radius 3 is 2.67 bits per heavy atom. The summed E-state index contributed by atoms with van der Waals surface area (Å²) < 4.78 is 5.48. The van der Waals surface area contributed by atoms with E-state index in [1.165, 1.54) is 5.56 Å². The molecule has 1 spiro atoms. The third-order valence-electron chi connectivity index (χ3n) is 5.27. The minimum Gasteiger partial charge on any atom is -0.342 e. The second-order valence-corrected chi connectivity index (χ2v) is 7.13. The van der Waals surface area contributed by atoms with Gasteiger partial charge in [-0.05, 0) is 12.5 Å². The molecular weight excluding hydrogens is 304 g/mol. The molecule has 1 atom stereocenters. The topological polar surface area (TPSA) is 62.5 Å². The summed E-state index contributed by atoms with van der Waals surface area (Å²) >= 11 is 0. The maximum Gasteiger partial charge on any atom is 0.231 e. The van der Waals surface area contributed by atoms with Crippen LogP contribution in [-0.2, 0) is 11.3 Å². The molecule has 0 N–H and O–H groups in total. The highest BCUT2D eigenvalue weighted by Crippen LogP contribution is 2.49. The molecule has 1 aromatic heterocycles. The molecule has 2 saturated heterocycles. The predicted molar refractivity (Wildman–Crippen MR) is 88.2 cm³/mol. The molecule has 2 aromatic rings. The number of hydrogen-bond acceptors (Lipinski definition) is 5. The van der Waals surface area contributed by atoms with E-state index in [1.807, 2.05) is 17.9 Å². The highest BCUT2D eigenvalue weighted by molar-refractivity contribution is 5.74. The maximum absolute atomic E-state index is 11.6. The Labute approximate surface area is 141 Å². The number of aryl methyl sites for hydroxylation is 1. The Balaban J connectivity index is 1.55. The van der Waals surface area contributed by atoms with Crippen LogP contribution >= 0.6 is 0 Å². The standard InChI is InChI=1S/C18H22N4O2/c1-13-19-17(24-20-13)16-9-21(8-15-6-4-3-5-7-15)10-18(16)11-22(12-18)14(2)23/h3-7,16H,8-12H2,1-2H3.